The lowest BCUT2D eigenvalue weighted by Gasteiger charge is -2.24. The Morgan fingerprint density at radius 2 is 1.83 bits per heavy atom. The van der Waals surface area contributed by atoms with Crippen molar-refractivity contribution >= 4 is 11.8 Å². The number of rotatable bonds is 2. The zero-order valence-corrected chi connectivity index (χ0v) is 11.2. The maximum atomic E-state index is 5.21. The van der Waals surface area contributed by atoms with E-state index in [1.807, 2.05) is 11.8 Å². The van der Waals surface area contributed by atoms with Crippen molar-refractivity contribution < 1.29 is 4.74 Å². The molecule has 0 bridgehead atoms. The molecule has 0 unspecified atom stereocenters. The van der Waals surface area contributed by atoms with E-state index in [0.29, 0.717) is 5.25 Å². The summed E-state index contributed by atoms with van der Waals surface area (Å²) in [4.78, 5) is 1.43. The van der Waals surface area contributed by atoms with Crippen molar-refractivity contribution in [2.24, 2.45) is 0 Å². The van der Waals surface area contributed by atoms with Crippen molar-refractivity contribution in [2.45, 2.75) is 23.0 Å². The van der Waals surface area contributed by atoms with Gasteiger partial charge in [-0.25, -0.2) is 0 Å². The molecule has 2 heteroatoms. The van der Waals surface area contributed by atoms with Gasteiger partial charge in [-0.2, -0.15) is 0 Å². The molecule has 18 heavy (non-hydrogen) atoms. The van der Waals surface area contributed by atoms with Crippen LogP contribution >= 0.6 is 11.8 Å². The van der Waals surface area contributed by atoms with E-state index in [-0.39, 0.29) is 0 Å². The zero-order valence-electron chi connectivity index (χ0n) is 10.4. The van der Waals surface area contributed by atoms with Crippen molar-refractivity contribution in [2.75, 3.05) is 7.11 Å². The van der Waals surface area contributed by atoms with Crippen LogP contribution in [0.3, 0.4) is 0 Å². The molecule has 0 saturated carbocycles. The highest BCUT2D eigenvalue weighted by Crippen LogP contribution is 2.44. The number of hydrogen-bond donors (Lipinski definition) is 0. The lowest BCUT2D eigenvalue weighted by atomic mass is 10.0. The summed E-state index contributed by atoms with van der Waals surface area (Å²) in [6.07, 6.45) is 2.40. The highest BCUT2D eigenvalue weighted by molar-refractivity contribution is 7.99. The van der Waals surface area contributed by atoms with Crippen LogP contribution < -0.4 is 4.74 Å². The van der Waals surface area contributed by atoms with E-state index < -0.39 is 0 Å². The van der Waals surface area contributed by atoms with Gasteiger partial charge in [-0.1, -0.05) is 30.3 Å². The summed E-state index contributed by atoms with van der Waals surface area (Å²) in [5, 5.41) is 0.575. The molecule has 0 saturated heterocycles. The van der Waals surface area contributed by atoms with Crippen LogP contribution in [0.15, 0.2) is 53.4 Å². The van der Waals surface area contributed by atoms with Crippen LogP contribution in [-0.2, 0) is 6.42 Å². The van der Waals surface area contributed by atoms with E-state index in [1.165, 1.54) is 28.9 Å². The maximum Gasteiger partial charge on any atom is 0.118 e. The molecular formula is C16H16OS. The average Bonchev–Trinajstić information content (AvgIpc) is 2.47. The topological polar surface area (TPSA) is 9.23 Å². The standard InChI is InChI=1S/C16H16OS/c1-17-14-9-6-13(7-10-14)16-11-8-12-4-2-3-5-15(12)18-16/h2-7,9-10,16H,8,11H2,1H3/t16-/m1/s1. The van der Waals surface area contributed by atoms with Gasteiger partial charge in [-0.15, -0.1) is 11.8 Å². The molecule has 0 N–H and O–H groups in total. The lowest BCUT2D eigenvalue weighted by Crippen LogP contribution is -2.04. The second-order valence-electron chi connectivity index (χ2n) is 4.53. The first-order chi connectivity index (χ1) is 8.86. The van der Waals surface area contributed by atoms with Gasteiger partial charge in [0.15, 0.2) is 0 Å². The van der Waals surface area contributed by atoms with Gasteiger partial charge in [0, 0.05) is 10.1 Å². The number of hydrogen-bond acceptors (Lipinski definition) is 2. The van der Waals surface area contributed by atoms with Crippen molar-refractivity contribution in [3.8, 4) is 5.75 Å². The van der Waals surface area contributed by atoms with Crippen LogP contribution in [0.1, 0.15) is 22.8 Å². The number of benzene rings is 2. The molecule has 1 aliphatic rings. The Hall–Kier alpha value is -1.41. The van der Waals surface area contributed by atoms with E-state index in [4.69, 9.17) is 4.74 Å². The van der Waals surface area contributed by atoms with Crippen LogP contribution in [0.5, 0.6) is 5.75 Å². The molecule has 0 amide bonds. The molecule has 1 atom stereocenters. The van der Waals surface area contributed by atoms with Crippen molar-refractivity contribution in [1.29, 1.82) is 0 Å². The van der Waals surface area contributed by atoms with Gasteiger partial charge in [0.1, 0.15) is 5.75 Å². The van der Waals surface area contributed by atoms with E-state index in [1.54, 1.807) is 7.11 Å². The van der Waals surface area contributed by atoms with Gasteiger partial charge in [0.2, 0.25) is 0 Å². The first-order valence-electron chi connectivity index (χ1n) is 6.25. The number of aryl methyl sites for hydroxylation is 1. The molecule has 3 rings (SSSR count). The van der Waals surface area contributed by atoms with Gasteiger partial charge in [-0.05, 0) is 42.2 Å². The molecule has 0 aromatic heterocycles. The molecule has 92 valence electrons. The number of thioether (sulfide) groups is 1. The fourth-order valence-electron chi connectivity index (χ4n) is 2.38. The minimum Gasteiger partial charge on any atom is -0.497 e. The van der Waals surface area contributed by atoms with Crippen molar-refractivity contribution in [3.63, 3.8) is 0 Å². The summed E-state index contributed by atoms with van der Waals surface area (Å²) in [7, 11) is 1.71. The van der Waals surface area contributed by atoms with Crippen molar-refractivity contribution in [3.05, 3.63) is 59.7 Å². The highest BCUT2D eigenvalue weighted by Gasteiger charge is 2.20. The molecule has 1 aliphatic heterocycles. The van der Waals surface area contributed by atoms with Crippen LogP contribution in [0.4, 0.5) is 0 Å². The van der Waals surface area contributed by atoms with E-state index in [0.717, 1.165) is 5.75 Å². The molecule has 0 aliphatic carbocycles. The van der Waals surface area contributed by atoms with Crippen LogP contribution in [-0.4, -0.2) is 7.11 Å². The Labute approximate surface area is 112 Å². The predicted octanol–water partition coefficient (Wildman–Crippen LogP) is 4.47. The van der Waals surface area contributed by atoms with Gasteiger partial charge < -0.3 is 4.74 Å². The third kappa shape index (κ3) is 2.25. The molecule has 0 fully saturated rings. The maximum absolute atomic E-state index is 5.21. The average molecular weight is 256 g/mol. The van der Waals surface area contributed by atoms with E-state index in [9.17, 15) is 0 Å². The lowest BCUT2D eigenvalue weighted by molar-refractivity contribution is 0.414. The fraction of sp³-hybridized carbons (Fsp3) is 0.250. The van der Waals surface area contributed by atoms with Gasteiger partial charge >= 0.3 is 0 Å². The first kappa shape index (κ1) is 11.7. The van der Waals surface area contributed by atoms with E-state index >= 15 is 0 Å². The molecule has 2 aromatic carbocycles. The molecule has 2 aromatic rings. The minimum absolute atomic E-state index is 0.575. The Morgan fingerprint density at radius 3 is 2.61 bits per heavy atom. The van der Waals surface area contributed by atoms with Gasteiger partial charge in [0.05, 0.1) is 7.11 Å². The van der Waals surface area contributed by atoms with Gasteiger partial charge in [-0.3, -0.25) is 0 Å². The Morgan fingerprint density at radius 1 is 1.06 bits per heavy atom. The zero-order chi connectivity index (χ0) is 12.4. The summed E-state index contributed by atoms with van der Waals surface area (Å²) >= 11 is 1.98. The van der Waals surface area contributed by atoms with Crippen molar-refractivity contribution in [1.82, 2.24) is 0 Å². The summed E-state index contributed by atoms with van der Waals surface area (Å²) < 4.78 is 5.21. The second-order valence-corrected chi connectivity index (χ2v) is 5.77. The highest BCUT2D eigenvalue weighted by atomic mass is 32.2. The normalized spacial score (nSPS) is 18.2. The summed E-state index contributed by atoms with van der Waals surface area (Å²) in [6.45, 7) is 0. The molecule has 0 spiro atoms. The fourth-order valence-corrected chi connectivity index (χ4v) is 3.69. The van der Waals surface area contributed by atoms with Gasteiger partial charge in [0.25, 0.3) is 0 Å². The monoisotopic (exact) mass is 256 g/mol. The number of methoxy groups -OCH3 is 1. The summed E-state index contributed by atoms with van der Waals surface area (Å²) in [5.74, 6) is 0.931. The number of ether oxygens (including phenoxy) is 1. The summed E-state index contributed by atoms with van der Waals surface area (Å²) in [6, 6.07) is 17.2. The molecule has 1 nitrogen and oxygen atoms in total. The molecule has 0 radical (unpaired) electrons. The largest absolute Gasteiger partial charge is 0.497 e. The Balaban J connectivity index is 1.82. The summed E-state index contributed by atoms with van der Waals surface area (Å²) in [5.41, 5.74) is 2.89. The van der Waals surface area contributed by atoms with Crippen LogP contribution in [0, 0.1) is 0 Å². The smallest absolute Gasteiger partial charge is 0.118 e. The first-order valence-corrected chi connectivity index (χ1v) is 7.13. The molecular weight excluding hydrogens is 240 g/mol. The predicted molar refractivity (Wildman–Crippen MR) is 76.4 cm³/mol. The molecule has 1 heterocycles. The second kappa shape index (κ2) is 5.07. The third-order valence-electron chi connectivity index (χ3n) is 3.41. The third-order valence-corrected chi connectivity index (χ3v) is 4.85. The van der Waals surface area contributed by atoms with Crippen LogP contribution in [0.25, 0.3) is 0 Å². The quantitative estimate of drug-likeness (QED) is 0.783. The minimum atomic E-state index is 0.575. The SMILES string of the molecule is COc1ccc([C@H]2CCc3ccccc3S2)cc1. The number of fused-ring (bicyclic) bond motifs is 1. The Kier molecular flexibility index (Phi) is 3.28. The van der Waals surface area contributed by atoms with E-state index in [2.05, 4.69) is 48.5 Å². The van der Waals surface area contributed by atoms with Crippen LogP contribution in [0.2, 0.25) is 0 Å². The Bertz CT molecular complexity index is 533.